The van der Waals surface area contributed by atoms with Gasteiger partial charge in [-0.05, 0) is 52.8 Å². The molecule has 0 aliphatic carbocycles. The highest BCUT2D eigenvalue weighted by atomic mass is 16.5. The molecule has 1 aliphatic rings. The molecule has 0 bridgehead atoms. The Bertz CT molecular complexity index is 417. The summed E-state index contributed by atoms with van der Waals surface area (Å²) in [7, 11) is 2.06. The molecule has 19 heavy (non-hydrogen) atoms. The molecule has 1 aromatic rings. The largest absolute Gasteiger partial charge is 0.492 e. The predicted molar refractivity (Wildman–Crippen MR) is 81.1 cm³/mol. The van der Waals surface area contributed by atoms with Crippen molar-refractivity contribution in [3.8, 4) is 5.75 Å². The quantitative estimate of drug-likeness (QED) is 0.902. The molecule has 0 spiro atoms. The third-order valence-electron chi connectivity index (χ3n) is 4.04. The molecule has 3 nitrogen and oxygen atoms in total. The van der Waals surface area contributed by atoms with Crippen molar-refractivity contribution >= 4 is 5.69 Å². The van der Waals surface area contributed by atoms with Crippen LogP contribution in [0, 0.1) is 0 Å². The fraction of sp³-hybridized carbons (Fsp3) is 0.625. The van der Waals surface area contributed by atoms with Crippen molar-refractivity contribution in [2.45, 2.75) is 45.2 Å². The lowest BCUT2D eigenvalue weighted by Crippen LogP contribution is -2.54. The van der Waals surface area contributed by atoms with Crippen LogP contribution in [-0.4, -0.2) is 31.8 Å². The van der Waals surface area contributed by atoms with Gasteiger partial charge in [-0.3, -0.25) is 0 Å². The number of nitrogens with one attached hydrogen (secondary N) is 1. The number of benzene rings is 1. The zero-order chi connectivity index (χ0) is 13.9. The maximum absolute atomic E-state index is 5.78. The van der Waals surface area contributed by atoms with E-state index in [4.69, 9.17) is 4.74 Å². The molecule has 0 amide bonds. The third kappa shape index (κ3) is 3.03. The number of nitrogens with zero attached hydrogens (tertiary/aromatic N) is 1. The van der Waals surface area contributed by atoms with Gasteiger partial charge in [-0.1, -0.05) is 12.1 Å². The maximum Gasteiger partial charge on any atom is 0.142 e. The summed E-state index contributed by atoms with van der Waals surface area (Å²) in [6.45, 7) is 8.46. The SMILES string of the molecule is CCOc1ccccc1N1CCC(NC)CC1(C)C. The van der Waals surface area contributed by atoms with E-state index in [1.54, 1.807) is 0 Å². The van der Waals surface area contributed by atoms with Crippen LogP contribution in [0.3, 0.4) is 0 Å². The van der Waals surface area contributed by atoms with Crippen molar-refractivity contribution in [3.05, 3.63) is 24.3 Å². The Kier molecular flexibility index (Phi) is 4.35. The van der Waals surface area contributed by atoms with E-state index in [9.17, 15) is 0 Å². The number of hydrogen-bond donors (Lipinski definition) is 1. The lowest BCUT2D eigenvalue weighted by molar-refractivity contribution is 0.293. The van der Waals surface area contributed by atoms with Crippen LogP contribution in [0.25, 0.3) is 0 Å². The smallest absolute Gasteiger partial charge is 0.142 e. The second-order valence-corrected chi connectivity index (χ2v) is 5.84. The Morgan fingerprint density at radius 2 is 2.11 bits per heavy atom. The van der Waals surface area contributed by atoms with Gasteiger partial charge in [-0.2, -0.15) is 0 Å². The highest BCUT2D eigenvalue weighted by Crippen LogP contribution is 2.37. The summed E-state index contributed by atoms with van der Waals surface area (Å²) in [6.07, 6.45) is 2.34. The number of hydrogen-bond acceptors (Lipinski definition) is 3. The number of anilines is 1. The summed E-state index contributed by atoms with van der Waals surface area (Å²) in [5.74, 6) is 1.00. The monoisotopic (exact) mass is 262 g/mol. The van der Waals surface area contributed by atoms with Crippen molar-refractivity contribution in [2.75, 3.05) is 25.1 Å². The van der Waals surface area contributed by atoms with Crippen molar-refractivity contribution in [3.63, 3.8) is 0 Å². The summed E-state index contributed by atoms with van der Waals surface area (Å²) >= 11 is 0. The van der Waals surface area contributed by atoms with E-state index in [2.05, 4.69) is 49.3 Å². The van der Waals surface area contributed by atoms with E-state index in [1.165, 1.54) is 12.1 Å². The molecule has 2 rings (SSSR count). The van der Waals surface area contributed by atoms with E-state index in [-0.39, 0.29) is 5.54 Å². The van der Waals surface area contributed by atoms with Crippen LogP contribution in [0.15, 0.2) is 24.3 Å². The van der Waals surface area contributed by atoms with Crippen molar-refractivity contribution in [1.82, 2.24) is 5.32 Å². The second kappa shape index (κ2) is 5.83. The van der Waals surface area contributed by atoms with Gasteiger partial charge >= 0.3 is 0 Å². The topological polar surface area (TPSA) is 24.5 Å². The second-order valence-electron chi connectivity index (χ2n) is 5.84. The van der Waals surface area contributed by atoms with Gasteiger partial charge in [0.05, 0.1) is 12.3 Å². The molecule has 1 saturated heterocycles. The average molecular weight is 262 g/mol. The van der Waals surface area contributed by atoms with E-state index < -0.39 is 0 Å². The molecule has 0 aromatic heterocycles. The standard InChI is InChI=1S/C16H26N2O/c1-5-19-15-9-7-6-8-14(15)18-11-10-13(17-4)12-16(18,2)3/h6-9,13,17H,5,10-12H2,1-4H3. The molecule has 1 aliphatic heterocycles. The van der Waals surface area contributed by atoms with Crippen LogP contribution in [0.1, 0.15) is 33.6 Å². The van der Waals surface area contributed by atoms with E-state index >= 15 is 0 Å². The first-order valence-corrected chi connectivity index (χ1v) is 7.25. The van der Waals surface area contributed by atoms with Crippen LogP contribution in [0.2, 0.25) is 0 Å². The zero-order valence-corrected chi connectivity index (χ0v) is 12.6. The van der Waals surface area contributed by atoms with Gasteiger partial charge in [0, 0.05) is 18.1 Å². The molecule has 0 radical (unpaired) electrons. The van der Waals surface area contributed by atoms with E-state index in [1.807, 2.05) is 13.0 Å². The highest BCUT2D eigenvalue weighted by molar-refractivity contribution is 5.60. The number of rotatable bonds is 4. The predicted octanol–water partition coefficient (Wildman–Crippen LogP) is 3.05. The Hall–Kier alpha value is -1.22. The van der Waals surface area contributed by atoms with Gasteiger partial charge in [0.2, 0.25) is 0 Å². The summed E-state index contributed by atoms with van der Waals surface area (Å²) in [4.78, 5) is 2.49. The molecule has 1 fully saturated rings. The van der Waals surface area contributed by atoms with Gasteiger partial charge in [0.25, 0.3) is 0 Å². The molecular weight excluding hydrogens is 236 g/mol. The van der Waals surface area contributed by atoms with Crippen molar-refractivity contribution in [2.24, 2.45) is 0 Å². The van der Waals surface area contributed by atoms with Crippen LogP contribution < -0.4 is 15.0 Å². The zero-order valence-electron chi connectivity index (χ0n) is 12.6. The lowest BCUT2D eigenvalue weighted by atomic mass is 9.86. The van der Waals surface area contributed by atoms with E-state index in [0.29, 0.717) is 12.6 Å². The van der Waals surface area contributed by atoms with Crippen LogP contribution >= 0.6 is 0 Å². The third-order valence-corrected chi connectivity index (χ3v) is 4.04. The lowest BCUT2D eigenvalue weighted by Gasteiger charge is -2.47. The Morgan fingerprint density at radius 1 is 1.37 bits per heavy atom. The minimum absolute atomic E-state index is 0.152. The maximum atomic E-state index is 5.78. The van der Waals surface area contributed by atoms with Gasteiger partial charge in [0.1, 0.15) is 5.75 Å². The van der Waals surface area contributed by atoms with Crippen molar-refractivity contribution in [1.29, 1.82) is 0 Å². The number of para-hydroxylation sites is 2. The fourth-order valence-corrected chi connectivity index (χ4v) is 3.05. The molecular formula is C16H26N2O. The van der Waals surface area contributed by atoms with Crippen LogP contribution in [0.4, 0.5) is 5.69 Å². The summed E-state index contributed by atoms with van der Waals surface area (Å²) in [6, 6.07) is 9.00. The average Bonchev–Trinajstić information content (AvgIpc) is 2.39. The molecule has 1 aromatic carbocycles. The molecule has 3 heteroatoms. The van der Waals surface area contributed by atoms with E-state index in [0.717, 1.165) is 18.7 Å². The van der Waals surface area contributed by atoms with Gasteiger partial charge < -0.3 is 15.0 Å². The Labute approximate surface area is 116 Å². The Morgan fingerprint density at radius 3 is 2.74 bits per heavy atom. The van der Waals surface area contributed by atoms with Crippen LogP contribution in [-0.2, 0) is 0 Å². The Balaban J connectivity index is 2.26. The minimum Gasteiger partial charge on any atom is -0.492 e. The van der Waals surface area contributed by atoms with Crippen molar-refractivity contribution < 1.29 is 4.74 Å². The van der Waals surface area contributed by atoms with Gasteiger partial charge in [-0.25, -0.2) is 0 Å². The normalized spacial score (nSPS) is 22.3. The summed E-state index contributed by atoms with van der Waals surface area (Å²) in [5, 5.41) is 3.41. The molecule has 1 heterocycles. The summed E-state index contributed by atoms with van der Waals surface area (Å²) < 4.78 is 5.78. The minimum atomic E-state index is 0.152. The number of piperidine rings is 1. The fourth-order valence-electron chi connectivity index (χ4n) is 3.05. The first kappa shape index (κ1) is 14.2. The highest BCUT2D eigenvalue weighted by Gasteiger charge is 2.35. The van der Waals surface area contributed by atoms with Gasteiger partial charge in [-0.15, -0.1) is 0 Å². The molecule has 106 valence electrons. The number of ether oxygens (including phenoxy) is 1. The van der Waals surface area contributed by atoms with Gasteiger partial charge in [0.15, 0.2) is 0 Å². The van der Waals surface area contributed by atoms with Crippen LogP contribution in [0.5, 0.6) is 5.75 Å². The first-order valence-electron chi connectivity index (χ1n) is 7.25. The molecule has 1 unspecified atom stereocenters. The summed E-state index contributed by atoms with van der Waals surface area (Å²) in [5.41, 5.74) is 1.38. The molecule has 1 N–H and O–H groups in total. The molecule has 0 saturated carbocycles. The molecule has 1 atom stereocenters. The first-order chi connectivity index (χ1) is 9.08.